The van der Waals surface area contributed by atoms with Gasteiger partial charge in [0.2, 0.25) is 11.8 Å². The number of anilines is 2. The van der Waals surface area contributed by atoms with Gasteiger partial charge in [0.05, 0.1) is 0 Å². The lowest BCUT2D eigenvalue weighted by Crippen LogP contribution is -2.49. The number of nitrogens with one attached hydrogen (secondary N) is 3. The Labute approximate surface area is 218 Å². The second-order valence-corrected chi connectivity index (χ2v) is 12.3. The summed E-state index contributed by atoms with van der Waals surface area (Å²) >= 11 is 0. The summed E-state index contributed by atoms with van der Waals surface area (Å²) in [6, 6.07) is 14.3. The van der Waals surface area contributed by atoms with E-state index in [2.05, 4.69) is 39.9 Å². The van der Waals surface area contributed by atoms with E-state index in [1.165, 1.54) is 38.5 Å². The van der Waals surface area contributed by atoms with E-state index in [0.29, 0.717) is 11.8 Å². The summed E-state index contributed by atoms with van der Waals surface area (Å²) in [7, 11) is 0. The van der Waals surface area contributed by atoms with Gasteiger partial charge in [-0.3, -0.25) is 9.59 Å². The predicted molar refractivity (Wildman–Crippen MR) is 148 cm³/mol. The summed E-state index contributed by atoms with van der Waals surface area (Å²) in [4.78, 5) is 29.4. The number of hydrogen-bond acceptors (Lipinski definition) is 2. The molecule has 0 saturated heterocycles. The van der Waals surface area contributed by atoms with E-state index in [-0.39, 0.29) is 23.7 Å². The minimum absolute atomic E-state index is 0.148. The van der Waals surface area contributed by atoms with E-state index in [1.54, 1.807) is 0 Å². The summed E-state index contributed by atoms with van der Waals surface area (Å²) in [5.41, 5.74) is 4.97. The molecule has 5 saturated carbocycles. The highest BCUT2D eigenvalue weighted by molar-refractivity contribution is 6.01. The topological polar surface area (TPSA) is 74.0 Å². The molecular weight excluding hydrogens is 458 g/mol. The van der Waals surface area contributed by atoms with Crippen LogP contribution in [0.4, 0.5) is 11.4 Å². The summed E-state index contributed by atoms with van der Waals surface area (Å²) in [5.74, 6) is 3.62. The van der Waals surface area contributed by atoms with Crippen molar-refractivity contribution in [2.24, 2.45) is 35.5 Å². The van der Waals surface area contributed by atoms with Crippen molar-refractivity contribution in [3.05, 3.63) is 48.7 Å². The van der Waals surface area contributed by atoms with E-state index in [9.17, 15) is 9.59 Å². The lowest BCUT2D eigenvalue weighted by Gasteiger charge is -2.53. The number of hydrogen-bond donors (Lipinski definition) is 3. The molecule has 2 amide bonds. The fourth-order valence-corrected chi connectivity index (χ4v) is 8.36. The van der Waals surface area contributed by atoms with Gasteiger partial charge in [0.25, 0.3) is 0 Å². The van der Waals surface area contributed by atoms with E-state index >= 15 is 0 Å². The van der Waals surface area contributed by atoms with E-state index in [1.807, 2.05) is 24.4 Å². The van der Waals surface area contributed by atoms with Crippen LogP contribution in [0.5, 0.6) is 0 Å². The van der Waals surface area contributed by atoms with Crippen LogP contribution in [-0.4, -0.2) is 16.8 Å². The minimum atomic E-state index is 0.148. The van der Waals surface area contributed by atoms with Crippen molar-refractivity contribution in [1.29, 1.82) is 0 Å². The van der Waals surface area contributed by atoms with Gasteiger partial charge in [-0.1, -0.05) is 31.4 Å². The monoisotopic (exact) mass is 495 g/mol. The molecule has 3 aromatic rings. The molecule has 5 fully saturated rings. The van der Waals surface area contributed by atoms with Gasteiger partial charge in [-0.15, -0.1) is 0 Å². The van der Waals surface area contributed by atoms with Crippen molar-refractivity contribution in [3.63, 3.8) is 0 Å². The Hall–Kier alpha value is -3.08. The molecule has 0 atom stereocenters. The van der Waals surface area contributed by atoms with E-state index in [0.717, 1.165) is 70.9 Å². The second kappa shape index (κ2) is 9.34. The Morgan fingerprint density at radius 1 is 0.730 bits per heavy atom. The largest absolute Gasteiger partial charge is 0.361 e. The van der Waals surface area contributed by atoms with E-state index in [4.69, 9.17) is 0 Å². The molecule has 0 radical (unpaired) electrons. The molecule has 5 aliphatic carbocycles. The third-order valence-corrected chi connectivity index (χ3v) is 9.92. The predicted octanol–water partition coefficient (Wildman–Crippen LogP) is 7.36. The maximum atomic E-state index is 13.4. The van der Waals surface area contributed by atoms with Crippen molar-refractivity contribution in [3.8, 4) is 11.1 Å². The molecule has 1 aromatic heterocycles. The van der Waals surface area contributed by atoms with Gasteiger partial charge in [-0.05, 0) is 105 Å². The fourth-order valence-electron chi connectivity index (χ4n) is 8.36. The highest BCUT2D eigenvalue weighted by Gasteiger charge is 2.50. The SMILES string of the molecule is O=C(Nc1ccc(-c2c[nH]c3ccc(NC(=O)C4C5CC6CC(C5)CC4C6)cc23)cc1)C1CCCCC1. The van der Waals surface area contributed by atoms with Crippen LogP contribution in [0.25, 0.3) is 22.0 Å². The summed E-state index contributed by atoms with van der Waals surface area (Å²) in [5, 5.41) is 7.50. The zero-order chi connectivity index (χ0) is 24.9. The Kier molecular flexibility index (Phi) is 5.82. The number of benzene rings is 2. The van der Waals surface area contributed by atoms with Gasteiger partial charge >= 0.3 is 0 Å². The molecule has 37 heavy (non-hydrogen) atoms. The lowest BCUT2D eigenvalue weighted by molar-refractivity contribution is -0.132. The first-order valence-electron chi connectivity index (χ1n) is 14.4. The van der Waals surface area contributed by atoms with Gasteiger partial charge in [0.1, 0.15) is 0 Å². The third kappa shape index (κ3) is 4.36. The molecule has 3 N–H and O–H groups in total. The van der Waals surface area contributed by atoms with Crippen LogP contribution in [0.2, 0.25) is 0 Å². The molecule has 0 unspecified atom stereocenters. The first-order chi connectivity index (χ1) is 18.1. The Morgan fingerprint density at radius 2 is 1.38 bits per heavy atom. The van der Waals surface area contributed by atoms with Crippen molar-refractivity contribution < 1.29 is 9.59 Å². The van der Waals surface area contributed by atoms with Crippen LogP contribution in [0.3, 0.4) is 0 Å². The minimum Gasteiger partial charge on any atom is -0.361 e. The van der Waals surface area contributed by atoms with Crippen molar-refractivity contribution in [1.82, 2.24) is 4.98 Å². The van der Waals surface area contributed by atoms with Crippen LogP contribution in [-0.2, 0) is 9.59 Å². The Balaban J connectivity index is 1.07. The Bertz CT molecular complexity index is 1290. The number of aromatic amines is 1. The normalized spacial score (nSPS) is 28.9. The zero-order valence-corrected chi connectivity index (χ0v) is 21.5. The van der Waals surface area contributed by atoms with Crippen LogP contribution in [0, 0.1) is 35.5 Å². The van der Waals surface area contributed by atoms with Gasteiger partial charge in [0, 0.05) is 45.9 Å². The molecule has 1 heterocycles. The standard InChI is InChI=1S/C32H37N3O2/c36-31(22-4-2-1-3-5-22)34-25-8-6-21(7-9-25)28-18-33-29-11-10-26(17-27(28)29)35-32(37)30-23-13-19-12-20(15-23)16-24(30)14-19/h6-11,17-20,22-24,30,33H,1-5,12-16H2,(H,34,36)(H,35,37). The van der Waals surface area contributed by atoms with Crippen LogP contribution in [0.1, 0.15) is 64.2 Å². The zero-order valence-electron chi connectivity index (χ0n) is 21.5. The molecular formula is C32H37N3O2. The van der Waals surface area contributed by atoms with Crippen molar-refractivity contribution >= 4 is 34.1 Å². The molecule has 5 heteroatoms. The van der Waals surface area contributed by atoms with Gasteiger partial charge in [-0.2, -0.15) is 0 Å². The smallest absolute Gasteiger partial charge is 0.228 e. The second-order valence-electron chi connectivity index (χ2n) is 12.3. The summed E-state index contributed by atoms with van der Waals surface area (Å²) in [6.07, 6.45) is 14.0. The third-order valence-electron chi connectivity index (χ3n) is 9.92. The number of aromatic nitrogens is 1. The molecule has 5 nitrogen and oxygen atoms in total. The molecule has 0 spiro atoms. The summed E-state index contributed by atoms with van der Waals surface area (Å²) in [6.45, 7) is 0. The molecule has 8 rings (SSSR count). The molecule has 5 aliphatic rings. The van der Waals surface area contributed by atoms with Crippen LogP contribution >= 0.6 is 0 Å². The number of carbonyl (C=O) groups is 2. The number of H-pyrrole nitrogens is 1. The number of fused-ring (bicyclic) bond motifs is 1. The molecule has 0 aliphatic heterocycles. The van der Waals surface area contributed by atoms with Gasteiger partial charge in [0.15, 0.2) is 0 Å². The number of amides is 2. The first kappa shape index (κ1) is 23.1. The highest BCUT2D eigenvalue weighted by Crippen LogP contribution is 2.56. The van der Waals surface area contributed by atoms with Crippen molar-refractivity contribution in [2.45, 2.75) is 64.2 Å². The van der Waals surface area contributed by atoms with Gasteiger partial charge in [-0.25, -0.2) is 0 Å². The molecule has 192 valence electrons. The quantitative estimate of drug-likeness (QED) is 0.346. The number of carbonyl (C=O) groups excluding carboxylic acids is 2. The van der Waals surface area contributed by atoms with Gasteiger partial charge < -0.3 is 15.6 Å². The van der Waals surface area contributed by atoms with Crippen LogP contribution in [0.15, 0.2) is 48.7 Å². The summed E-state index contributed by atoms with van der Waals surface area (Å²) < 4.78 is 0. The lowest BCUT2D eigenvalue weighted by atomic mass is 9.51. The maximum absolute atomic E-state index is 13.4. The molecule has 2 aromatic carbocycles. The molecule has 4 bridgehead atoms. The van der Waals surface area contributed by atoms with Crippen molar-refractivity contribution in [2.75, 3.05) is 10.6 Å². The average Bonchev–Trinajstić information content (AvgIpc) is 3.32. The average molecular weight is 496 g/mol. The number of rotatable bonds is 5. The maximum Gasteiger partial charge on any atom is 0.228 e. The van der Waals surface area contributed by atoms with Crippen LogP contribution < -0.4 is 10.6 Å². The fraction of sp³-hybridized carbons (Fsp3) is 0.500. The Morgan fingerprint density at radius 3 is 2.08 bits per heavy atom. The first-order valence-corrected chi connectivity index (χ1v) is 14.4. The highest BCUT2D eigenvalue weighted by atomic mass is 16.2. The van der Waals surface area contributed by atoms with E-state index < -0.39 is 0 Å².